The minimum atomic E-state index is -5.08. The standard InChI is InChI=1S/C22H15F2N3O.C2HF3O2/c23-15-5-2-6-16(24)20(15)18-8-7-12-3-1-4-13(21(12)27-18)19-11-14-17(26-19)9-10-25-22(14)28;3-2(4,5)1(6)7/h1-8,11,26H,9-10H2,(H,25,28);(H,6,7). The molecular formula is C24H16F5N3O3. The van der Waals surface area contributed by atoms with Crippen LogP contribution in [0, 0.1) is 11.6 Å². The van der Waals surface area contributed by atoms with E-state index < -0.39 is 23.8 Å². The molecule has 0 radical (unpaired) electrons. The maximum Gasteiger partial charge on any atom is 0.490 e. The van der Waals surface area contributed by atoms with E-state index in [1.54, 1.807) is 18.2 Å². The normalized spacial score (nSPS) is 13.0. The van der Waals surface area contributed by atoms with Crippen molar-refractivity contribution < 1.29 is 36.6 Å². The third-order valence-corrected chi connectivity index (χ3v) is 5.28. The molecule has 11 heteroatoms. The molecule has 180 valence electrons. The number of pyridine rings is 1. The van der Waals surface area contributed by atoms with E-state index in [4.69, 9.17) is 9.90 Å². The molecule has 3 heterocycles. The molecule has 0 spiro atoms. The second kappa shape index (κ2) is 9.16. The fourth-order valence-electron chi connectivity index (χ4n) is 3.68. The molecule has 0 atom stereocenters. The van der Waals surface area contributed by atoms with Gasteiger partial charge in [0.2, 0.25) is 0 Å². The average molecular weight is 489 g/mol. The number of fused-ring (bicyclic) bond motifs is 2. The van der Waals surface area contributed by atoms with Crippen molar-refractivity contribution in [3.05, 3.63) is 77.5 Å². The van der Waals surface area contributed by atoms with Crippen LogP contribution in [0.3, 0.4) is 0 Å². The zero-order chi connectivity index (χ0) is 25.3. The van der Waals surface area contributed by atoms with E-state index in [1.807, 2.05) is 18.2 Å². The van der Waals surface area contributed by atoms with Crippen LogP contribution >= 0.6 is 0 Å². The first-order valence-electron chi connectivity index (χ1n) is 10.2. The van der Waals surface area contributed by atoms with Crippen molar-refractivity contribution in [2.45, 2.75) is 12.6 Å². The van der Waals surface area contributed by atoms with E-state index in [9.17, 15) is 26.7 Å². The van der Waals surface area contributed by atoms with Gasteiger partial charge in [0.05, 0.1) is 22.3 Å². The fraction of sp³-hybridized carbons (Fsp3) is 0.125. The summed E-state index contributed by atoms with van der Waals surface area (Å²) in [5.74, 6) is -4.17. The number of nitrogens with one attached hydrogen (secondary N) is 2. The molecule has 0 saturated heterocycles. The molecule has 6 nitrogen and oxygen atoms in total. The Hall–Kier alpha value is -4.28. The Morgan fingerprint density at radius 3 is 2.26 bits per heavy atom. The highest BCUT2D eigenvalue weighted by atomic mass is 19.4. The summed E-state index contributed by atoms with van der Waals surface area (Å²) in [6.45, 7) is 0.594. The summed E-state index contributed by atoms with van der Waals surface area (Å²) >= 11 is 0. The Morgan fingerprint density at radius 1 is 0.971 bits per heavy atom. The molecule has 1 amide bonds. The van der Waals surface area contributed by atoms with Gasteiger partial charge in [-0.2, -0.15) is 13.2 Å². The van der Waals surface area contributed by atoms with Gasteiger partial charge in [0, 0.05) is 35.3 Å². The molecule has 35 heavy (non-hydrogen) atoms. The molecule has 0 unspecified atom stereocenters. The van der Waals surface area contributed by atoms with E-state index in [1.165, 1.54) is 18.2 Å². The number of nitrogens with zero attached hydrogens (tertiary/aromatic N) is 1. The number of benzene rings is 2. The molecule has 4 aromatic rings. The van der Waals surface area contributed by atoms with E-state index in [0.717, 1.165) is 28.8 Å². The SMILES string of the molecule is O=C(O)C(F)(F)F.O=C1NCCc2[nH]c(-c3cccc4ccc(-c5c(F)cccc5F)nc34)cc21. The van der Waals surface area contributed by atoms with Crippen LogP contribution < -0.4 is 5.32 Å². The van der Waals surface area contributed by atoms with Crippen molar-refractivity contribution in [3.63, 3.8) is 0 Å². The number of carbonyl (C=O) groups excluding carboxylic acids is 1. The van der Waals surface area contributed by atoms with Crippen LogP contribution in [0.2, 0.25) is 0 Å². The van der Waals surface area contributed by atoms with Crippen LogP contribution in [0.5, 0.6) is 0 Å². The summed E-state index contributed by atoms with van der Waals surface area (Å²) in [6.07, 6.45) is -4.36. The lowest BCUT2D eigenvalue weighted by molar-refractivity contribution is -0.192. The number of aromatic amines is 1. The Labute approximate surface area is 194 Å². The third kappa shape index (κ3) is 4.84. The van der Waals surface area contributed by atoms with Crippen molar-refractivity contribution in [1.29, 1.82) is 0 Å². The number of aliphatic carboxylic acids is 1. The molecule has 2 aromatic carbocycles. The minimum absolute atomic E-state index is 0.105. The quantitative estimate of drug-likeness (QED) is 0.342. The summed E-state index contributed by atoms with van der Waals surface area (Å²) in [4.78, 5) is 28.8. The lowest BCUT2D eigenvalue weighted by Gasteiger charge is -2.11. The highest BCUT2D eigenvalue weighted by Crippen LogP contribution is 2.32. The number of carboxylic acid groups (broad SMARTS) is 1. The predicted molar refractivity (Wildman–Crippen MR) is 117 cm³/mol. The second-order valence-corrected chi connectivity index (χ2v) is 7.55. The zero-order valence-corrected chi connectivity index (χ0v) is 17.7. The van der Waals surface area contributed by atoms with Gasteiger partial charge in [-0.05, 0) is 24.3 Å². The summed E-state index contributed by atoms with van der Waals surface area (Å²) in [5.41, 5.74) is 3.72. The van der Waals surface area contributed by atoms with Crippen molar-refractivity contribution in [1.82, 2.24) is 15.3 Å². The topological polar surface area (TPSA) is 95.1 Å². The molecule has 0 fully saturated rings. The molecule has 5 rings (SSSR count). The van der Waals surface area contributed by atoms with Crippen LogP contribution in [-0.2, 0) is 11.2 Å². The zero-order valence-electron chi connectivity index (χ0n) is 17.7. The van der Waals surface area contributed by atoms with Crippen molar-refractivity contribution in [3.8, 4) is 22.5 Å². The molecule has 0 bridgehead atoms. The maximum atomic E-state index is 14.2. The Morgan fingerprint density at radius 2 is 1.63 bits per heavy atom. The minimum Gasteiger partial charge on any atom is -0.475 e. The van der Waals surface area contributed by atoms with Gasteiger partial charge in [0.25, 0.3) is 5.91 Å². The summed E-state index contributed by atoms with van der Waals surface area (Å²) < 4.78 is 60.2. The number of halogens is 5. The highest BCUT2D eigenvalue weighted by Gasteiger charge is 2.38. The van der Waals surface area contributed by atoms with Gasteiger partial charge < -0.3 is 15.4 Å². The van der Waals surface area contributed by atoms with Gasteiger partial charge in [-0.1, -0.05) is 30.3 Å². The van der Waals surface area contributed by atoms with Gasteiger partial charge in [0.15, 0.2) is 0 Å². The number of H-pyrrole nitrogens is 1. The number of hydrogen-bond donors (Lipinski definition) is 3. The number of rotatable bonds is 2. The maximum absolute atomic E-state index is 14.2. The van der Waals surface area contributed by atoms with E-state index in [-0.39, 0.29) is 17.2 Å². The Bertz CT molecular complexity index is 1430. The summed E-state index contributed by atoms with van der Waals surface area (Å²) in [7, 11) is 0. The molecule has 1 aliphatic rings. The first-order chi connectivity index (χ1) is 16.6. The van der Waals surface area contributed by atoms with Gasteiger partial charge in [-0.3, -0.25) is 4.79 Å². The summed E-state index contributed by atoms with van der Waals surface area (Å²) in [6, 6.07) is 14.6. The van der Waals surface area contributed by atoms with Crippen molar-refractivity contribution in [2.75, 3.05) is 6.54 Å². The smallest absolute Gasteiger partial charge is 0.475 e. The Kier molecular flexibility index (Phi) is 6.25. The number of hydrogen-bond acceptors (Lipinski definition) is 3. The molecule has 3 N–H and O–H groups in total. The van der Waals surface area contributed by atoms with E-state index in [0.29, 0.717) is 17.6 Å². The van der Waals surface area contributed by atoms with E-state index >= 15 is 0 Å². The lowest BCUT2D eigenvalue weighted by Crippen LogP contribution is -2.31. The van der Waals surface area contributed by atoms with E-state index in [2.05, 4.69) is 15.3 Å². The van der Waals surface area contributed by atoms with Crippen LogP contribution in [0.15, 0.2) is 54.6 Å². The molecule has 0 aliphatic carbocycles. The van der Waals surface area contributed by atoms with Crippen LogP contribution in [-0.4, -0.2) is 39.7 Å². The van der Waals surface area contributed by atoms with Crippen molar-refractivity contribution in [2.24, 2.45) is 0 Å². The van der Waals surface area contributed by atoms with Gasteiger partial charge in [-0.15, -0.1) is 0 Å². The van der Waals surface area contributed by atoms with Crippen molar-refractivity contribution >= 4 is 22.8 Å². The molecular weight excluding hydrogens is 473 g/mol. The number of aromatic nitrogens is 2. The fourth-order valence-corrected chi connectivity index (χ4v) is 3.68. The second-order valence-electron chi connectivity index (χ2n) is 7.55. The first kappa shape index (κ1) is 23.9. The first-order valence-corrected chi connectivity index (χ1v) is 10.2. The molecule has 1 aliphatic heterocycles. The monoisotopic (exact) mass is 489 g/mol. The van der Waals surface area contributed by atoms with Crippen LogP contribution in [0.25, 0.3) is 33.4 Å². The van der Waals surface area contributed by atoms with Crippen LogP contribution in [0.4, 0.5) is 22.0 Å². The number of carbonyl (C=O) groups is 2. The lowest BCUT2D eigenvalue weighted by atomic mass is 10.0. The number of para-hydroxylation sites is 1. The largest absolute Gasteiger partial charge is 0.490 e. The average Bonchev–Trinajstić information content (AvgIpc) is 3.24. The Balaban J connectivity index is 0.000000364. The molecule has 0 saturated carbocycles. The van der Waals surface area contributed by atoms with Gasteiger partial charge in [0.1, 0.15) is 11.6 Å². The predicted octanol–water partition coefficient (Wildman–Crippen LogP) is 5.09. The van der Waals surface area contributed by atoms with Crippen LogP contribution in [0.1, 0.15) is 16.1 Å². The molecule has 2 aromatic heterocycles. The van der Waals surface area contributed by atoms with Gasteiger partial charge in [-0.25, -0.2) is 18.6 Å². The number of amides is 1. The number of alkyl halides is 3. The highest BCUT2D eigenvalue weighted by molar-refractivity contribution is 6.00. The summed E-state index contributed by atoms with van der Waals surface area (Å²) in [5, 5.41) is 10.8. The third-order valence-electron chi connectivity index (χ3n) is 5.28. The number of carboxylic acids is 1. The van der Waals surface area contributed by atoms with Gasteiger partial charge >= 0.3 is 12.1 Å².